The van der Waals surface area contributed by atoms with Crippen LogP contribution in [0.1, 0.15) is 103 Å². The van der Waals surface area contributed by atoms with Gasteiger partial charge in [-0.25, -0.2) is 0 Å². The smallest absolute Gasteiger partial charge is 0.222 e. The quantitative estimate of drug-likeness (QED) is 0.330. The molecule has 0 aromatic heterocycles. The summed E-state index contributed by atoms with van der Waals surface area (Å²) in [5.41, 5.74) is 0. The Hall–Kier alpha value is -0.610. The summed E-state index contributed by atoms with van der Waals surface area (Å²) < 4.78 is 0. The summed E-state index contributed by atoms with van der Waals surface area (Å²) >= 11 is 0. The first kappa shape index (κ1) is 24.4. The van der Waals surface area contributed by atoms with Crippen LogP contribution in [-0.4, -0.2) is 47.3 Å². The number of amides is 1. The fourth-order valence-corrected chi connectivity index (χ4v) is 3.11. The largest absolute Gasteiger partial charge is 0.396 e. The molecule has 4 nitrogen and oxygen atoms in total. The molecule has 0 saturated heterocycles. The number of nitrogens with zero attached hydrogens (tertiary/aromatic N) is 1. The maximum absolute atomic E-state index is 12.4. The minimum Gasteiger partial charge on any atom is -0.396 e. The van der Waals surface area contributed by atoms with Crippen molar-refractivity contribution in [1.82, 2.24) is 4.90 Å². The van der Waals surface area contributed by atoms with Crippen molar-refractivity contribution in [3.63, 3.8) is 0 Å². The molecular formula is C21H43NO3. The van der Waals surface area contributed by atoms with Gasteiger partial charge in [-0.15, -0.1) is 0 Å². The van der Waals surface area contributed by atoms with Crippen LogP contribution in [0.5, 0.6) is 0 Å². The number of carbonyl (C=O) groups excluding carboxylic acids is 1. The number of hydrogen-bond acceptors (Lipinski definition) is 3. The highest BCUT2D eigenvalue weighted by Crippen LogP contribution is 2.12. The van der Waals surface area contributed by atoms with Crippen LogP contribution in [0.25, 0.3) is 0 Å². The SMILES string of the molecule is CCCCCCCCCCCCC(=O)N(CCCCO)CCCCO. The summed E-state index contributed by atoms with van der Waals surface area (Å²) in [5, 5.41) is 17.8. The molecule has 0 rings (SSSR count). The number of aliphatic hydroxyl groups excluding tert-OH is 2. The van der Waals surface area contributed by atoms with Crippen molar-refractivity contribution in [2.45, 2.75) is 103 Å². The van der Waals surface area contributed by atoms with Crippen LogP contribution in [0.15, 0.2) is 0 Å². The van der Waals surface area contributed by atoms with E-state index in [1.165, 1.54) is 51.4 Å². The van der Waals surface area contributed by atoms with Gasteiger partial charge in [-0.05, 0) is 32.1 Å². The highest BCUT2D eigenvalue weighted by molar-refractivity contribution is 5.76. The Morgan fingerprint density at radius 1 is 0.640 bits per heavy atom. The molecule has 0 bridgehead atoms. The lowest BCUT2D eigenvalue weighted by molar-refractivity contribution is -0.131. The Balaban J connectivity index is 3.70. The number of hydrogen-bond donors (Lipinski definition) is 2. The second kappa shape index (κ2) is 19.7. The van der Waals surface area contributed by atoms with Gasteiger partial charge in [0, 0.05) is 32.7 Å². The summed E-state index contributed by atoms with van der Waals surface area (Å²) in [7, 11) is 0. The average Bonchev–Trinajstić information content (AvgIpc) is 2.62. The van der Waals surface area contributed by atoms with Gasteiger partial charge < -0.3 is 15.1 Å². The van der Waals surface area contributed by atoms with Crippen LogP contribution in [0, 0.1) is 0 Å². The van der Waals surface area contributed by atoms with Crippen LogP contribution in [0.2, 0.25) is 0 Å². The van der Waals surface area contributed by atoms with Crippen LogP contribution in [0.4, 0.5) is 0 Å². The predicted molar refractivity (Wildman–Crippen MR) is 106 cm³/mol. The molecule has 0 spiro atoms. The maximum Gasteiger partial charge on any atom is 0.222 e. The first-order chi connectivity index (χ1) is 12.3. The highest BCUT2D eigenvalue weighted by Gasteiger charge is 2.12. The van der Waals surface area contributed by atoms with E-state index in [0.29, 0.717) is 6.42 Å². The third kappa shape index (κ3) is 16.6. The number of carbonyl (C=O) groups is 1. The molecule has 0 fully saturated rings. The molecule has 0 aromatic carbocycles. The minimum absolute atomic E-state index is 0.192. The van der Waals surface area contributed by atoms with Crippen LogP contribution in [-0.2, 0) is 4.79 Å². The average molecular weight is 358 g/mol. The summed E-state index contributed by atoms with van der Waals surface area (Å²) in [5.74, 6) is 0.246. The molecule has 4 heteroatoms. The molecule has 0 atom stereocenters. The molecule has 0 heterocycles. The van der Waals surface area contributed by atoms with Gasteiger partial charge in [0.05, 0.1) is 0 Å². The van der Waals surface area contributed by atoms with Gasteiger partial charge in [0.2, 0.25) is 5.91 Å². The molecule has 0 aliphatic carbocycles. The first-order valence-corrected chi connectivity index (χ1v) is 10.8. The number of unbranched alkanes of at least 4 members (excludes halogenated alkanes) is 11. The summed E-state index contributed by atoms with van der Waals surface area (Å²) in [4.78, 5) is 14.3. The Morgan fingerprint density at radius 2 is 1.08 bits per heavy atom. The minimum atomic E-state index is 0.192. The third-order valence-electron chi connectivity index (χ3n) is 4.77. The van der Waals surface area contributed by atoms with E-state index in [2.05, 4.69) is 6.92 Å². The molecular weight excluding hydrogens is 314 g/mol. The van der Waals surface area contributed by atoms with Gasteiger partial charge in [0.25, 0.3) is 0 Å². The van der Waals surface area contributed by atoms with Crippen molar-refractivity contribution >= 4 is 5.91 Å². The summed E-state index contributed by atoms with van der Waals surface area (Å²) in [6.07, 6.45) is 16.7. The zero-order chi connectivity index (χ0) is 18.6. The van der Waals surface area contributed by atoms with Gasteiger partial charge in [0.1, 0.15) is 0 Å². The standard InChI is InChI=1S/C21H43NO3/c1-2-3-4-5-6-7-8-9-10-11-16-21(25)22(17-12-14-19-23)18-13-15-20-24/h23-24H,2-20H2,1H3. The van der Waals surface area contributed by atoms with E-state index in [-0.39, 0.29) is 19.1 Å². The fraction of sp³-hybridized carbons (Fsp3) is 0.952. The fourth-order valence-electron chi connectivity index (χ4n) is 3.11. The second-order valence-electron chi connectivity index (χ2n) is 7.17. The van der Waals surface area contributed by atoms with Gasteiger partial charge in [-0.1, -0.05) is 64.7 Å². The van der Waals surface area contributed by atoms with Crippen molar-refractivity contribution in [1.29, 1.82) is 0 Å². The topological polar surface area (TPSA) is 60.8 Å². The van der Waals surface area contributed by atoms with Gasteiger partial charge in [0.15, 0.2) is 0 Å². The monoisotopic (exact) mass is 357 g/mol. The van der Waals surface area contributed by atoms with Crippen molar-refractivity contribution < 1.29 is 15.0 Å². The van der Waals surface area contributed by atoms with E-state index >= 15 is 0 Å². The molecule has 0 radical (unpaired) electrons. The molecule has 25 heavy (non-hydrogen) atoms. The number of rotatable bonds is 19. The summed E-state index contributed by atoms with van der Waals surface area (Å²) in [6.45, 7) is 4.11. The van der Waals surface area contributed by atoms with E-state index in [9.17, 15) is 4.79 Å². The van der Waals surface area contributed by atoms with Gasteiger partial charge in [-0.3, -0.25) is 4.79 Å². The maximum atomic E-state index is 12.4. The lowest BCUT2D eigenvalue weighted by Gasteiger charge is -2.22. The molecule has 0 aliphatic heterocycles. The zero-order valence-corrected chi connectivity index (χ0v) is 16.7. The van der Waals surface area contributed by atoms with E-state index in [1.54, 1.807) is 0 Å². The van der Waals surface area contributed by atoms with E-state index in [0.717, 1.165) is 51.6 Å². The lowest BCUT2D eigenvalue weighted by Crippen LogP contribution is -2.33. The van der Waals surface area contributed by atoms with Gasteiger partial charge in [-0.2, -0.15) is 0 Å². The Morgan fingerprint density at radius 3 is 1.52 bits per heavy atom. The van der Waals surface area contributed by atoms with Crippen molar-refractivity contribution in [2.24, 2.45) is 0 Å². The van der Waals surface area contributed by atoms with Crippen molar-refractivity contribution in [2.75, 3.05) is 26.3 Å². The number of aliphatic hydroxyl groups is 2. The van der Waals surface area contributed by atoms with Crippen LogP contribution < -0.4 is 0 Å². The molecule has 0 saturated carbocycles. The molecule has 1 amide bonds. The van der Waals surface area contributed by atoms with Crippen molar-refractivity contribution in [3.05, 3.63) is 0 Å². The normalized spacial score (nSPS) is 11.0. The molecule has 0 aromatic rings. The van der Waals surface area contributed by atoms with Crippen molar-refractivity contribution in [3.8, 4) is 0 Å². The van der Waals surface area contributed by atoms with Crippen LogP contribution in [0.3, 0.4) is 0 Å². The zero-order valence-electron chi connectivity index (χ0n) is 16.7. The third-order valence-corrected chi connectivity index (χ3v) is 4.77. The van der Waals surface area contributed by atoms with E-state index in [4.69, 9.17) is 10.2 Å². The molecule has 150 valence electrons. The lowest BCUT2D eigenvalue weighted by atomic mass is 10.1. The highest BCUT2D eigenvalue weighted by atomic mass is 16.3. The molecule has 2 N–H and O–H groups in total. The van der Waals surface area contributed by atoms with Crippen LogP contribution >= 0.6 is 0 Å². The Labute approximate surface area is 156 Å². The molecule has 0 unspecified atom stereocenters. The van der Waals surface area contributed by atoms with E-state index < -0.39 is 0 Å². The van der Waals surface area contributed by atoms with E-state index in [1.807, 2.05) is 4.90 Å². The predicted octanol–water partition coefficient (Wildman–Crippen LogP) is 4.67. The summed E-state index contributed by atoms with van der Waals surface area (Å²) in [6, 6.07) is 0. The Bertz CT molecular complexity index is 274. The van der Waals surface area contributed by atoms with Gasteiger partial charge >= 0.3 is 0 Å². The second-order valence-corrected chi connectivity index (χ2v) is 7.17. The first-order valence-electron chi connectivity index (χ1n) is 10.8. The Kier molecular flexibility index (Phi) is 19.2. The molecule has 0 aliphatic rings.